The molecular weight excluding hydrogens is 320 g/mol. The lowest BCUT2D eigenvalue weighted by atomic mass is 10.0. The Morgan fingerprint density at radius 1 is 1.11 bits per heavy atom. The Bertz CT molecular complexity index is 525. The summed E-state index contributed by atoms with van der Waals surface area (Å²) >= 11 is 5.49. The molecule has 0 N–H and O–H groups in total. The second kappa shape index (κ2) is 7.01. The van der Waals surface area contributed by atoms with Crippen molar-refractivity contribution in [3.05, 3.63) is 64.1 Å². The lowest BCUT2D eigenvalue weighted by Crippen LogP contribution is -1.97. The Balaban J connectivity index is 2.33. The molecule has 2 aromatic carbocycles. The van der Waals surface area contributed by atoms with Gasteiger partial charge >= 0.3 is 0 Å². The second-order valence-electron chi connectivity index (χ2n) is 4.16. The smallest absolute Gasteiger partial charge is 0.118 e. The predicted molar refractivity (Wildman–Crippen MR) is 87.1 cm³/mol. The van der Waals surface area contributed by atoms with E-state index in [1.54, 1.807) is 7.11 Å². The maximum atomic E-state index is 5.22. The number of thioether (sulfide) groups is 1. The van der Waals surface area contributed by atoms with Gasteiger partial charge in [0.2, 0.25) is 0 Å². The highest BCUT2D eigenvalue weighted by molar-refractivity contribution is 9.10. The SMILES string of the molecule is CCSC(c1ccc(OC)cc1)c1cccc(Br)c1. The summed E-state index contributed by atoms with van der Waals surface area (Å²) in [7, 11) is 1.70. The van der Waals surface area contributed by atoms with Gasteiger partial charge in [-0.15, -0.1) is 11.8 Å². The highest BCUT2D eigenvalue weighted by atomic mass is 79.9. The van der Waals surface area contributed by atoms with Crippen LogP contribution in [0.5, 0.6) is 5.75 Å². The van der Waals surface area contributed by atoms with Gasteiger partial charge in [-0.3, -0.25) is 0 Å². The van der Waals surface area contributed by atoms with E-state index in [-0.39, 0.29) is 0 Å². The van der Waals surface area contributed by atoms with Crippen molar-refractivity contribution in [2.24, 2.45) is 0 Å². The normalized spacial score (nSPS) is 12.2. The molecule has 3 heteroatoms. The molecule has 0 bridgehead atoms. The van der Waals surface area contributed by atoms with Crippen molar-refractivity contribution in [2.75, 3.05) is 12.9 Å². The van der Waals surface area contributed by atoms with Gasteiger partial charge in [0.15, 0.2) is 0 Å². The van der Waals surface area contributed by atoms with Gasteiger partial charge in [0.25, 0.3) is 0 Å². The van der Waals surface area contributed by atoms with Crippen LogP contribution in [0.1, 0.15) is 23.3 Å². The number of rotatable bonds is 5. The van der Waals surface area contributed by atoms with Gasteiger partial charge in [-0.2, -0.15) is 0 Å². The fourth-order valence-electron chi connectivity index (χ4n) is 2.00. The molecular formula is C16H17BrOS. The van der Waals surface area contributed by atoms with Crippen LogP contribution < -0.4 is 4.74 Å². The maximum Gasteiger partial charge on any atom is 0.118 e. The first-order valence-electron chi connectivity index (χ1n) is 6.25. The minimum Gasteiger partial charge on any atom is -0.497 e. The minimum atomic E-state index is 0.369. The molecule has 1 nitrogen and oxygen atoms in total. The molecule has 0 spiro atoms. The highest BCUT2D eigenvalue weighted by Gasteiger charge is 2.14. The fraction of sp³-hybridized carbons (Fsp3) is 0.250. The van der Waals surface area contributed by atoms with Gasteiger partial charge in [-0.25, -0.2) is 0 Å². The quantitative estimate of drug-likeness (QED) is 0.732. The molecule has 0 aliphatic rings. The number of halogens is 1. The Hall–Kier alpha value is -0.930. The third kappa shape index (κ3) is 3.77. The number of methoxy groups -OCH3 is 1. The molecule has 19 heavy (non-hydrogen) atoms. The first-order chi connectivity index (χ1) is 9.24. The van der Waals surface area contributed by atoms with E-state index in [1.807, 2.05) is 23.9 Å². The molecule has 0 radical (unpaired) electrons. The molecule has 0 saturated heterocycles. The summed E-state index contributed by atoms with van der Waals surface area (Å²) in [6.45, 7) is 2.19. The molecule has 0 aliphatic heterocycles. The molecule has 100 valence electrons. The molecule has 0 fully saturated rings. The van der Waals surface area contributed by atoms with Gasteiger partial charge in [0, 0.05) is 4.47 Å². The zero-order valence-electron chi connectivity index (χ0n) is 11.1. The van der Waals surface area contributed by atoms with E-state index >= 15 is 0 Å². The van der Waals surface area contributed by atoms with Crippen molar-refractivity contribution in [1.29, 1.82) is 0 Å². The first kappa shape index (κ1) is 14.5. The highest BCUT2D eigenvalue weighted by Crippen LogP contribution is 2.36. The molecule has 0 saturated carbocycles. The summed E-state index contributed by atoms with van der Waals surface area (Å²) in [4.78, 5) is 0. The summed E-state index contributed by atoms with van der Waals surface area (Å²) in [6, 6.07) is 16.9. The third-order valence-corrected chi connectivity index (χ3v) is 4.61. The average molecular weight is 337 g/mol. The summed E-state index contributed by atoms with van der Waals surface area (Å²) < 4.78 is 6.34. The van der Waals surface area contributed by atoms with E-state index < -0.39 is 0 Å². The Labute approximate surface area is 127 Å². The summed E-state index contributed by atoms with van der Waals surface area (Å²) in [5.41, 5.74) is 2.64. The van der Waals surface area contributed by atoms with Crippen molar-refractivity contribution >= 4 is 27.7 Å². The molecule has 1 unspecified atom stereocenters. The number of ether oxygens (including phenoxy) is 1. The van der Waals surface area contributed by atoms with Crippen LogP contribution in [0.3, 0.4) is 0 Å². The molecule has 0 amide bonds. The van der Waals surface area contributed by atoms with Crippen molar-refractivity contribution in [2.45, 2.75) is 12.2 Å². The van der Waals surface area contributed by atoms with E-state index in [4.69, 9.17) is 4.74 Å². The van der Waals surface area contributed by atoms with Gasteiger partial charge in [-0.1, -0.05) is 47.1 Å². The van der Waals surface area contributed by atoms with Gasteiger partial charge in [-0.05, 0) is 41.1 Å². The summed E-state index contributed by atoms with van der Waals surface area (Å²) in [5, 5.41) is 0.369. The summed E-state index contributed by atoms with van der Waals surface area (Å²) in [5.74, 6) is 1.99. The number of hydrogen-bond donors (Lipinski definition) is 0. The molecule has 0 aliphatic carbocycles. The third-order valence-electron chi connectivity index (χ3n) is 2.90. The molecule has 1 atom stereocenters. The van der Waals surface area contributed by atoms with E-state index in [1.165, 1.54) is 11.1 Å². The van der Waals surface area contributed by atoms with E-state index in [0.717, 1.165) is 16.0 Å². The van der Waals surface area contributed by atoms with Crippen LogP contribution in [0.15, 0.2) is 53.0 Å². The van der Waals surface area contributed by atoms with Crippen LogP contribution in [0.2, 0.25) is 0 Å². The van der Waals surface area contributed by atoms with Gasteiger partial charge in [0.05, 0.1) is 12.4 Å². The van der Waals surface area contributed by atoms with Crippen molar-refractivity contribution < 1.29 is 4.74 Å². The topological polar surface area (TPSA) is 9.23 Å². The van der Waals surface area contributed by atoms with Crippen LogP contribution in [0.4, 0.5) is 0 Å². The molecule has 2 rings (SSSR count). The van der Waals surface area contributed by atoms with Crippen LogP contribution in [0, 0.1) is 0 Å². The predicted octanol–water partition coefficient (Wildman–Crippen LogP) is 5.30. The average Bonchev–Trinajstić information content (AvgIpc) is 2.45. The standard InChI is InChI=1S/C16H17BrOS/c1-3-19-16(13-5-4-6-14(17)11-13)12-7-9-15(18-2)10-8-12/h4-11,16H,3H2,1-2H3. The zero-order chi connectivity index (χ0) is 13.7. The van der Waals surface area contributed by atoms with E-state index in [0.29, 0.717) is 5.25 Å². The molecule has 0 heterocycles. The molecule has 2 aromatic rings. The molecule has 0 aromatic heterocycles. The van der Waals surface area contributed by atoms with Crippen LogP contribution in [-0.2, 0) is 0 Å². The zero-order valence-corrected chi connectivity index (χ0v) is 13.5. The Kier molecular flexibility index (Phi) is 5.34. The number of benzene rings is 2. The lowest BCUT2D eigenvalue weighted by Gasteiger charge is -2.17. The van der Waals surface area contributed by atoms with Crippen molar-refractivity contribution in [1.82, 2.24) is 0 Å². The fourth-order valence-corrected chi connectivity index (χ4v) is 3.44. The van der Waals surface area contributed by atoms with Crippen molar-refractivity contribution in [3.8, 4) is 5.75 Å². The van der Waals surface area contributed by atoms with E-state index in [9.17, 15) is 0 Å². The Morgan fingerprint density at radius 3 is 2.42 bits per heavy atom. The maximum absolute atomic E-state index is 5.22. The van der Waals surface area contributed by atoms with Crippen LogP contribution in [-0.4, -0.2) is 12.9 Å². The largest absolute Gasteiger partial charge is 0.497 e. The minimum absolute atomic E-state index is 0.369. The summed E-state index contributed by atoms with van der Waals surface area (Å²) in [6.07, 6.45) is 0. The first-order valence-corrected chi connectivity index (χ1v) is 8.09. The van der Waals surface area contributed by atoms with E-state index in [2.05, 4.69) is 59.3 Å². The second-order valence-corrected chi connectivity index (χ2v) is 6.46. The Morgan fingerprint density at radius 2 is 1.84 bits per heavy atom. The van der Waals surface area contributed by atoms with Crippen LogP contribution in [0.25, 0.3) is 0 Å². The van der Waals surface area contributed by atoms with Gasteiger partial charge in [0.1, 0.15) is 5.75 Å². The number of hydrogen-bond acceptors (Lipinski definition) is 2. The monoisotopic (exact) mass is 336 g/mol. The van der Waals surface area contributed by atoms with Gasteiger partial charge < -0.3 is 4.74 Å². The van der Waals surface area contributed by atoms with Crippen LogP contribution >= 0.6 is 27.7 Å². The van der Waals surface area contributed by atoms with Crippen molar-refractivity contribution in [3.63, 3.8) is 0 Å². The lowest BCUT2D eigenvalue weighted by molar-refractivity contribution is 0.414.